The van der Waals surface area contributed by atoms with Gasteiger partial charge in [0.2, 0.25) is 5.91 Å². The van der Waals surface area contributed by atoms with E-state index in [1.165, 1.54) is 0 Å². The first-order valence-electron chi connectivity index (χ1n) is 6.52. The highest BCUT2D eigenvalue weighted by Gasteiger charge is 2.06. The van der Waals surface area contributed by atoms with Crippen LogP contribution >= 0.6 is 11.6 Å². The summed E-state index contributed by atoms with van der Waals surface area (Å²) in [4.78, 5) is 11.9. The predicted octanol–water partition coefficient (Wildman–Crippen LogP) is 3.71. The highest BCUT2D eigenvalue weighted by atomic mass is 35.5. The second-order valence-electron chi connectivity index (χ2n) is 4.61. The van der Waals surface area contributed by atoms with Crippen LogP contribution in [0.4, 0.5) is 11.4 Å². The lowest BCUT2D eigenvalue weighted by Gasteiger charge is -2.12. The van der Waals surface area contributed by atoms with Crippen molar-refractivity contribution in [1.82, 2.24) is 0 Å². The SMILES string of the molecule is COc1ccc(C)cc1NCC(=O)Nc1ccc(Cl)cc1. The molecule has 0 aliphatic heterocycles. The minimum absolute atomic E-state index is 0.138. The molecule has 4 nitrogen and oxygen atoms in total. The van der Waals surface area contributed by atoms with E-state index in [4.69, 9.17) is 16.3 Å². The maximum atomic E-state index is 11.9. The molecule has 2 aromatic carbocycles. The number of carbonyl (C=O) groups excluding carboxylic acids is 1. The Bertz CT molecular complexity index is 627. The third-order valence-electron chi connectivity index (χ3n) is 2.92. The van der Waals surface area contributed by atoms with Crippen molar-refractivity contribution in [3.05, 3.63) is 53.1 Å². The van der Waals surface area contributed by atoms with E-state index in [2.05, 4.69) is 10.6 Å². The molecule has 0 aromatic heterocycles. The maximum absolute atomic E-state index is 11.9. The molecule has 5 heteroatoms. The lowest BCUT2D eigenvalue weighted by molar-refractivity contribution is -0.114. The fraction of sp³-hybridized carbons (Fsp3) is 0.188. The van der Waals surface area contributed by atoms with Gasteiger partial charge in [0, 0.05) is 10.7 Å². The van der Waals surface area contributed by atoms with Crippen LogP contribution in [0.3, 0.4) is 0 Å². The first-order valence-corrected chi connectivity index (χ1v) is 6.90. The van der Waals surface area contributed by atoms with Gasteiger partial charge in [0.05, 0.1) is 19.3 Å². The highest BCUT2D eigenvalue weighted by Crippen LogP contribution is 2.24. The zero-order valence-electron chi connectivity index (χ0n) is 11.9. The van der Waals surface area contributed by atoms with Crippen LogP contribution in [0.25, 0.3) is 0 Å². The quantitative estimate of drug-likeness (QED) is 0.885. The Balaban J connectivity index is 1.95. The zero-order chi connectivity index (χ0) is 15.2. The van der Waals surface area contributed by atoms with E-state index in [0.717, 1.165) is 11.3 Å². The van der Waals surface area contributed by atoms with E-state index >= 15 is 0 Å². The van der Waals surface area contributed by atoms with Gasteiger partial charge in [0.25, 0.3) is 0 Å². The Morgan fingerprint density at radius 1 is 1.19 bits per heavy atom. The van der Waals surface area contributed by atoms with E-state index in [9.17, 15) is 4.79 Å². The van der Waals surface area contributed by atoms with Gasteiger partial charge >= 0.3 is 0 Å². The van der Waals surface area contributed by atoms with Gasteiger partial charge in [0.1, 0.15) is 5.75 Å². The number of carbonyl (C=O) groups is 1. The number of amides is 1. The third kappa shape index (κ3) is 4.39. The third-order valence-corrected chi connectivity index (χ3v) is 3.17. The smallest absolute Gasteiger partial charge is 0.243 e. The average molecular weight is 305 g/mol. The standard InChI is InChI=1S/C16H17ClN2O2/c1-11-3-8-15(21-2)14(9-11)18-10-16(20)19-13-6-4-12(17)5-7-13/h3-9,18H,10H2,1-2H3,(H,19,20). The largest absolute Gasteiger partial charge is 0.495 e. The summed E-state index contributed by atoms with van der Waals surface area (Å²) in [5.41, 5.74) is 2.60. The van der Waals surface area contributed by atoms with Crippen LogP contribution in [0, 0.1) is 6.92 Å². The summed E-state index contributed by atoms with van der Waals surface area (Å²) in [6.07, 6.45) is 0. The zero-order valence-corrected chi connectivity index (χ0v) is 12.7. The summed E-state index contributed by atoms with van der Waals surface area (Å²) in [6, 6.07) is 12.7. The number of hydrogen-bond acceptors (Lipinski definition) is 3. The monoisotopic (exact) mass is 304 g/mol. The molecule has 0 aliphatic rings. The van der Waals surface area contributed by atoms with Crippen LogP contribution < -0.4 is 15.4 Å². The Kier molecular flexibility index (Phi) is 5.06. The molecule has 0 aliphatic carbocycles. The first-order chi connectivity index (χ1) is 10.1. The number of hydrogen-bond donors (Lipinski definition) is 2. The molecule has 0 unspecified atom stereocenters. The number of methoxy groups -OCH3 is 1. The van der Waals surface area contributed by atoms with Crippen molar-refractivity contribution >= 4 is 28.9 Å². The number of ether oxygens (including phenoxy) is 1. The van der Waals surface area contributed by atoms with Crippen molar-refractivity contribution in [2.45, 2.75) is 6.92 Å². The topological polar surface area (TPSA) is 50.4 Å². The molecule has 2 N–H and O–H groups in total. The average Bonchev–Trinajstić information content (AvgIpc) is 2.48. The lowest BCUT2D eigenvalue weighted by Crippen LogP contribution is -2.21. The van der Waals surface area contributed by atoms with Crippen LogP contribution in [-0.4, -0.2) is 19.6 Å². The van der Waals surface area contributed by atoms with Crippen molar-refractivity contribution in [3.63, 3.8) is 0 Å². The molecule has 110 valence electrons. The van der Waals surface area contributed by atoms with Gasteiger partial charge in [-0.2, -0.15) is 0 Å². The molecule has 0 saturated heterocycles. The van der Waals surface area contributed by atoms with Crippen molar-refractivity contribution in [3.8, 4) is 5.75 Å². The van der Waals surface area contributed by atoms with Crippen LogP contribution in [0.5, 0.6) is 5.75 Å². The van der Waals surface area contributed by atoms with Gasteiger partial charge in [-0.25, -0.2) is 0 Å². The van der Waals surface area contributed by atoms with E-state index in [1.54, 1.807) is 31.4 Å². The van der Waals surface area contributed by atoms with E-state index in [0.29, 0.717) is 16.5 Å². The first kappa shape index (κ1) is 15.2. The van der Waals surface area contributed by atoms with Crippen LogP contribution in [0.15, 0.2) is 42.5 Å². The van der Waals surface area contributed by atoms with Gasteiger partial charge in [0.15, 0.2) is 0 Å². The fourth-order valence-corrected chi connectivity index (χ4v) is 2.00. The molecule has 1 amide bonds. The number of halogens is 1. The molecule has 21 heavy (non-hydrogen) atoms. The van der Waals surface area contributed by atoms with E-state index in [1.807, 2.05) is 25.1 Å². The summed E-state index contributed by atoms with van der Waals surface area (Å²) >= 11 is 5.80. The maximum Gasteiger partial charge on any atom is 0.243 e. The minimum atomic E-state index is -0.138. The molecule has 0 radical (unpaired) electrons. The molecule has 0 heterocycles. The molecule has 0 saturated carbocycles. The minimum Gasteiger partial charge on any atom is -0.495 e. The summed E-state index contributed by atoms with van der Waals surface area (Å²) in [7, 11) is 1.60. The van der Waals surface area contributed by atoms with E-state index < -0.39 is 0 Å². The molecule has 0 bridgehead atoms. The summed E-state index contributed by atoms with van der Waals surface area (Å²) in [5, 5.41) is 6.50. The Labute approximate surface area is 129 Å². The number of aryl methyl sites for hydroxylation is 1. The second kappa shape index (κ2) is 6.99. The lowest BCUT2D eigenvalue weighted by atomic mass is 10.2. The summed E-state index contributed by atoms with van der Waals surface area (Å²) in [6.45, 7) is 2.14. The van der Waals surface area contributed by atoms with Crippen molar-refractivity contribution < 1.29 is 9.53 Å². The normalized spacial score (nSPS) is 10.0. The number of nitrogens with one attached hydrogen (secondary N) is 2. The number of benzene rings is 2. The number of rotatable bonds is 5. The molecule has 0 atom stereocenters. The van der Waals surface area contributed by atoms with Crippen LogP contribution in [0.2, 0.25) is 5.02 Å². The van der Waals surface area contributed by atoms with Crippen LogP contribution in [-0.2, 0) is 4.79 Å². The molecule has 2 rings (SSSR count). The van der Waals surface area contributed by atoms with E-state index in [-0.39, 0.29) is 12.5 Å². The van der Waals surface area contributed by atoms with Gasteiger partial charge in [-0.05, 0) is 48.9 Å². The summed E-state index contributed by atoms with van der Waals surface area (Å²) < 4.78 is 5.26. The van der Waals surface area contributed by atoms with Gasteiger partial charge in [-0.1, -0.05) is 17.7 Å². The predicted molar refractivity (Wildman–Crippen MR) is 86.3 cm³/mol. The van der Waals surface area contributed by atoms with Gasteiger partial charge < -0.3 is 15.4 Å². The van der Waals surface area contributed by atoms with Gasteiger partial charge in [-0.15, -0.1) is 0 Å². The Morgan fingerprint density at radius 2 is 1.90 bits per heavy atom. The Hall–Kier alpha value is -2.20. The fourth-order valence-electron chi connectivity index (χ4n) is 1.87. The van der Waals surface area contributed by atoms with Crippen LogP contribution in [0.1, 0.15) is 5.56 Å². The molecule has 0 spiro atoms. The van der Waals surface area contributed by atoms with Gasteiger partial charge in [-0.3, -0.25) is 4.79 Å². The molecular formula is C16H17ClN2O2. The van der Waals surface area contributed by atoms with Crippen molar-refractivity contribution in [2.75, 3.05) is 24.3 Å². The highest BCUT2D eigenvalue weighted by molar-refractivity contribution is 6.30. The van der Waals surface area contributed by atoms with Crippen molar-refractivity contribution in [1.29, 1.82) is 0 Å². The second-order valence-corrected chi connectivity index (χ2v) is 5.05. The number of anilines is 2. The molecule has 2 aromatic rings. The Morgan fingerprint density at radius 3 is 2.57 bits per heavy atom. The molecular weight excluding hydrogens is 288 g/mol. The van der Waals surface area contributed by atoms with Crippen molar-refractivity contribution in [2.24, 2.45) is 0 Å². The molecule has 0 fully saturated rings. The summed E-state index contributed by atoms with van der Waals surface area (Å²) in [5.74, 6) is 0.570.